The van der Waals surface area contributed by atoms with Crippen LogP contribution in [0.15, 0.2) is 0 Å². The van der Waals surface area contributed by atoms with Crippen LogP contribution in [0.5, 0.6) is 0 Å². The molecule has 0 amide bonds. The fourth-order valence-corrected chi connectivity index (χ4v) is 4.23. The van der Waals surface area contributed by atoms with Crippen LogP contribution in [0, 0.1) is 0 Å². The van der Waals surface area contributed by atoms with Gasteiger partial charge in [-0.15, -0.1) is 0 Å². The van der Waals surface area contributed by atoms with Gasteiger partial charge in [-0.2, -0.15) is 0 Å². The molecular weight excluding hydrogens is 302 g/mol. The van der Waals surface area contributed by atoms with Crippen LogP contribution in [0.3, 0.4) is 0 Å². The summed E-state index contributed by atoms with van der Waals surface area (Å²) in [7, 11) is 4.58. The summed E-state index contributed by atoms with van der Waals surface area (Å²) in [6.45, 7) is 4.60. The van der Waals surface area contributed by atoms with E-state index in [0.717, 1.165) is 11.1 Å². The molecule has 0 spiro atoms. The molecule has 0 bridgehead atoms. The van der Waals surface area contributed by atoms with Crippen molar-refractivity contribution in [2.45, 2.75) is 95.5 Å². The van der Waals surface area contributed by atoms with Gasteiger partial charge in [-0.05, 0) is 12.8 Å². The van der Waals surface area contributed by atoms with E-state index in [1.807, 2.05) is 0 Å². The Labute approximate surface area is 149 Å². The molecule has 0 aromatic heterocycles. The van der Waals surface area contributed by atoms with Gasteiger partial charge in [0.25, 0.3) is 0 Å². The molecule has 2 aliphatic heterocycles. The number of nitrogens with zero attached hydrogens (tertiary/aromatic N) is 1. The van der Waals surface area contributed by atoms with Crippen molar-refractivity contribution in [2.75, 3.05) is 33.9 Å². The van der Waals surface area contributed by atoms with Crippen LogP contribution >= 0.6 is 0 Å². The third-order valence-electron chi connectivity index (χ3n) is 5.99. The second kappa shape index (κ2) is 10.1. The van der Waals surface area contributed by atoms with Crippen LogP contribution in [-0.2, 0) is 9.47 Å². The zero-order chi connectivity index (χ0) is 17.4. The summed E-state index contributed by atoms with van der Waals surface area (Å²) in [6, 6.07) is 0.366. The molecule has 2 fully saturated rings. The van der Waals surface area contributed by atoms with Crippen molar-refractivity contribution in [3.05, 3.63) is 0 Å². The molecule has 0 aliphatic carbocycles. The van der Waals surface area contributed by atoms with Crippen LogP contribution in [-0.4, -0.2) is 67.8 Å². The molecule has 0 aromatic rings. The quantitative estimate of drug-likeness (QED) is 0.436. The smallest absolute Gasteiger partial charge is 0.141 e. The maximum atomic E-state index is 9.89. The average molecular weight is 343 g/mol. The number of ether oxygens (including phenoxy) is 2. The lowest BCUT2D eigenvalue weighted by Gasteiger charge is -2.37. The minimum atomic E-state index is -0.433. The van der Waals surface area contributed by atoms with Crippen LogP contribution < -0.4 is 0 Å². The van der Waals surface area contributed by atoms with E-state index in [0.29, 0.717) is 12.6 Å². The van der Waals surface area contributed by atoms with Crippen molar-refractivity contribution >= 4 is 0 Å². The number of quaternary nitrogens is 1. The predicted octanol–water partition coefficient (Wildman–Crippen LogP) is 3.51. The molecule has 2 saturated heterocycles. The molecule has 24 heavy (non-hydrogen) atoms. The Balaban J connectivity index is 1.54. The van der Waals surface area contributed by atoms with Crippen molar-refractivity contribution in [2.24, 2.45) is 0 Å². The third kappa shape index (κ3) is 5.69. The number of rotatable bonds is 12. The van der Waals surface area contributed by atoms with Crippen molar-refractivity contribution < 1.29 is 19.1 Å². The Morgan fingerprint density at radius 3 is 1.96 bits per heavy atom. The maximum Gasteiger partial charge on any atom is 0.141 e. The number of hydrogen-bond donors (Lipinski definition) is 1. The van der Waals surface area contributed by atoms with Gasteiger partial charge in [0, 0.05) is 0 Å². The van der Waals surface area contributed by atoms with Gasteiger partial charge in [-0.3, -0.25) is 0 Å². The van der Waals surface area contributed by atoms with Gasteiger partial charge in [-0.25, -0.2) is 0 Å². The van der Waals surface area contributed by atoms with Gasteiger partial charge in [0.1, 0.15) is 31.0 Å². The molecule has 0 saturated carbocycles. The summed E-state index contributed by atoms with van der Waals surface area (Å²) < 4.78 is 12.5. The zero-order valence-corrected chi connectivity index (χ0v) is 16.2. The number of aliphatic hydroxyl groups excluding tert-OH is 1. The number of hydrogen-bond acceptors (Lipinski definition) is 3. The van der Waals surface area contributed by atoms with Crippen LogP contribution in [0.2, 0.25) is 0 Å². The van der Waals surface area contributed by atoms with E-state index in [9.17, 15) is 5.11 Å². The van der Waals surface area contributed by atoms with Gasteiger partial charge in [-0.1, -0.05) is 58.3 Å². The largest absolute Gasteiger partial charge is 0.388 e. The molecule has 142 valence electrons. The lowest BCUT2D eigenvalue weighted by molar-refractivity contribution is -0.916. The first-order valence-corrected chi connectivity index (χ1v) is 10.3. The molecule has 0 aromatic carbocycles. The van der Waals surface area contributed by atoms with E-state index in [4.69, 9.17) is 9.47 Å². The molecule has 0 radical (unpaired) electrons. The Morgan fingerprint density at radius 2 is 1.33 bits per heavy atom. The Morgan fingerprint density at radius 1 is 0.792 bits per heavy atom. The fraction of sp³-hybridized carbons (Fsp3) is 1.00. The van der Waals surface area contributed by atoms with E-state index in [1.54, 1.807) is 0 Å². The Bertz CT molecular complexity index is 348. The van der Waals surface area contributed by atoms with Gasteiger partial charge in [0.05, 0.1) is 27.2 Å². The summed E-state index contributed by atoms with van der Waals surface area (Å²) in [6.07, 6.45) is 13.3. The lowest BCUT2D eigenvalue weighted by Crippen LogP contribution is -2.55. The predicted molar refractivity (Wildman–Crippen MR) is 98.1 cm³/mol. The van der Waals surface area contributed by atoms with Crippen molar-refractivity contribution in [1.82, 2.24) is 0 Å². The first kappa shape index (κ1) is 20.2. The molecule has 1 N–H and O–H groups in total. The third-order valence-corrected chi connectivity index (χ3v) is 5.99. The monoisotopic (exact) mass is 342 g/mol. The Hall–Kier alpha value is -0.160. The normalized spacial score (nSPS) is 30.0. The first-order valence-electron chi connectivity index (χ1n) is 10.3. The van der Waals surface area contributed by atoms with Crippen molar-refractivity contribution in [1.29, 1.82) is 0 Å². The number of unbranched alkanes of at least 4 members (excludes halogenated alkanes) is 9. The second-order valence-corrected chi connectivity index (χ2v) is 8.41. The van der Waals surface area contributed by atoms with E-state index in [-0.39, 0.29) is 12.2 Å². The van der Waals surface area contributed by atoms with Crippen molar-refractivity contribution in [3.63, 3.8) is 0 Å². The van der Waals surface area contributed by atoms with Gasteiger partial charge in [0.2, 0.25) is 0 Å². The highest BCUT2D eigenvalue weighted by Crippen LogP contribution is 2.32. The minimum absolute atomic E-state index is 0.0816. The number of fused-ring (bicyclic) bond motifs is 1. The average Bonchev–Trinajstić information content (AvgIpc) is 3.13. The second-order valence-electron chi connectivity index (χ2n) is 8.41. The van der Waals surface area contributed by atoms with E-state index in [1.165, 1.54) is 70.8 Å². The topological polar surface area (TPSA) is 38.7 Å². The molecular formula is C20H40NO3+. The number of aliphatic hydroxyl groups is 1. The van der Waals surface area contributed by atoms with E-state index >= 15 is 0 Å². The van der Waals surface area contributed by atoms with Crippen molar-refractivity contribution in [3.8, 4) is 0 Å². The Kier molecular flexibility index (Phi) is 8.48. The summed E-state index contributed by atoms with van der Waals surface area (Å²) in [5, 5.41) is 9.89. The fourth-order valence-electron chi connectivity index (χ4n) is 4.23. The molecule has 2 rings (SSSR count). The standard InChI is InChI=1S/C20H40NO3/c1-4-5-6-7-8-9-10-11-12-13-14-21(2,3)17-15-23-20-18(22)16-24-19(17)20/h17-20,22H,4-16H2,1-3H3/q+1/t17-,18-,19-,20-/m1/s1. The van der Waals surface area contributed by atoms with Gasteiger partial charge >= 0.3 is 0 Å². The van der Waals surface area contributed by atoms with Gasteiger partial charge in [0.15, 0.2) is 0 Å². The van der Waals surface area contributed by atoms with Crippen LogP contribution in [0.25, 0.3) is 0 Å². The highest BCUT2D eigenvalue weighted by molar-refractivity contribution is 4.95. The highest BCUT2D eigenvalue weighted by Gasteiger charge is 2.53. The van der Waals surface area contributed by atoms with Crippen LogP contribution in [0.1, 0.15) is 71.1 Å². The summed E-state index contributed by atoms with van der Waals surface area (Å²) >= 11 is 0. The molecule has 2 aliphatic rings. The molecule has 0 unspecified atom stereocenters. The first-order chi connectivity index (χ1) is 11.6. The van der Waals surface area contributed by atoms with Crippen LogP contribution in [0.4, 0.5) is 0 Å². The molecule has 4 heteroatoms. The van der Waals surface area contributed by atoms with E-state index < -0.39 is 6.10 Å². The summed E-state index contributed by atoms with van der Waals surface area (Å²) in [4.78, 5) is 0. The SMILES string of the molecule is CCCCCCCCCCCC[N+](C)(C)[C@@H]1CO[C@H]2[C@@H]1OC[C@H]2O. The van der Waals surface area contributed by atoms with Gasteiger partial charge < -0.3 is 19.1 Å². The molecule has 4 atom stereocenters. The van der Waals surface area contributed by atoms with E-state index in [2.05, 4.69) is 21.0 Å². The maximum absolute atomic E-state index is 9.89. The molecule has 2 heterocycles. The molecule has 4 nitrogen and oxygen atoms in total. The minimum Gasteiger partial charge on any atom is -0.388 e. The highest BCUT2D eigenvalue weighted by atomic mass is 16.6. The summed E-state index contributed by atoms with van der Waals surface area (Å²) in [5.74, 6) is 0. The summed E-state index contributed by atoms with van der Waals surface area (Å²) in [5.41, 5.74) is 0. The zero-order valence-electron chi connectivity index (χ0n) is 16.2. The number of likely N-dealkylation sites (N-methyl/N-ethyl adjacent to an activating group) is 1. The lowest BCUT2D eigenvalue weighted by atomic mass is 10.0.